The molecule has 0 aromatic rings. The lowest BCUT2D eigenvalue weighted by Crippen LogP contribution is -1.80. The molecule has 0 aromatic carbocycles. The minimum atomic E-state index is 1.32. The van der Waals surface area contributed by atoms with E-state index in [4.69, 9.17) is 0 Å². The first-order valence-electron chi connectivity index (χ1n) is 6.30. The van der Waals surface area contributed by atoms with Crippen LogP contribution >= 0.6 is 0 Å². The van der Waals surface area contributed by atoms with Crippen molar-refractivity contribution in [3.05, 3.63) is 24.3 Å². The van der Waals surface area contributed by atoms with Crippen molar-refractivity contribution in [3.63, 3.8) is 0 Å². The summed E-state index contributed by atoms with van der Waals surface area (Å²) in [4.78, 5) is 0. The summed E-state index contributed by atoms with van der Waals surface area (Å²) in [6.07, 6.45) is 23.0. The first kappa shape index (κ1) is 11.6. The fourth-order valence-corrected chi connectivity index (χ4v) is 1.87. The van der Waals surface area contributed by atoms with Crippen LogP contribution in [0, 0.1) is 0 Å². The summed E-state index contributed by atoms with van der Waals surface area (Å²) in [5, 5.41) is 0. The average Bonchev–Trinajstić information content (AvgIpc) is 2.20. The van der Waals surface area contributed by atoms with Gasteiger partial charge in [0.05, 0.1) is 0 Å². The van der Waals surface area contributed by atoms with Crippen LogP contribution in [0.3, 0.4) is 0 Å². The second-order valence-electron chi connectivity index (χ2n) is 4.22. The summed E-state index contributed by atoms with van der Waals surface area (Å²) in [5.41, 5.74) is 0. The Labute approximate surface area is 89.1 Å². The van der Waals surface area contributed by atoms with Gasteiger partial charge in [0.15, 0.2) is 0 Å². The third-order valence-electron chi connectivity index (χ3n) is 2.82. The van der Waals surface area contributed by atoms with E-state index in [-0.39, 0.29) is 0 Å². The van der Waals surface area contributed by atoms with Gasteiger partial charge in [0, 0.05) is 0 Å². The van der Waals surface area contributed by atoms with Gasteiger partial charge in [-0.25, -0.2) is 0 Å². The maximum Gasteiger partial charge on any atom is -0.0351 e. The Morgan fingerprint density at radius 3 is 1.00 bits per heavy atom. The molecule has 0 aliphatic heterocycles. The summed E-state index contributed by atoms with van der Waals surface area (Å²) in [6, 6.07) is 0. The lowest BCUT2D eigenvalue weighted by Gasteiger charge is -2.00. The molecule has 2 aliphatic rings. The van der Waals surface area contributed by atoms with Gasteiger partial charge in [-0.3, -0.25) is 0 Å². The van der Waals surface area contributed by atoms with Crippen LogP contribution in [0.15, 0.2) is 24.3 Å². The van der Waals surface area contributed by atoms with Crippen LogP contribution in [0.1, 0.15) is 64.2 Å². The van der Waals surface area contributed by atoms with Gasteiger partial charge in [-0.15, -0.1) is 0 Å². The van der Waals surface area contributed by atoms with Gasteiger partial charge >= 0.3 is 0 Å². The molecule has 0 atom stereocenters. The number of rotatable bonds is 0. The SMILES string of the molecule is C1=CCCCC1.C1=CCCCCCC1. The van der Waals surface area contributed by atoms with E-state index in [1.54, 1.807) is 0 Å². The van der Waals surface area contributed by atoms with Gasteiger partial charge in [-0.05, 0) is 51.4 Å². The third-order valence-corrected chi connectivity index (χ3v) is 2.82. The predicted octanol–water partition coefficient (Wildman–Crippen LogP) is 5.01. The van der Waals surface area contributed by atoms with Gasteiger partial charge in [0.25, 0.3) is 0 Å². The normalized spacial score (nSPS) is 21.7. The first-order valence-corrected chi connectivity index (χ1v) is 6.30. The first-order chi connectivity index (χ1) is 7.00. The summed E-state index contributed by atoms with van der Waals surface area (Å²) < 4.78 is 0. The predicted molar refractivity (Wildman–Crippen MR) is 64.5 cm³/mol. The second-order valence-corrected chi connectivity index (χ2v) is 4.22. The van der Waals surface area contributed by atoms with E-state index in [0.717, 1.165) is 0 Å². The van der Waals surface area contributed by atoms with Gasteiger partial charge in [-0.2, -0.15) is 0 Å². The molecule has 0 fully saturated rings. The zero-order valence-electron chi connectivity index (χ0n) is 9.38. The summed E-state index contributed by atoms with van der Waals surface area (Å²) >= 11 is 0. The minimum absolute atomic E-state index is 1.32. The highest BCUT2D eigenvalue weighted by molar-refractivity contribution is 4.85. The topological polar surface area (TPSA) is 0 Å². The molecule has 80 valence electrons. The molecule has 0 aromatic heterocycles. The van der Waals surface area contributed by atoms with Crippen molar-refractivity contribution in [2.45, 2.75) is 64.2 Å². The second kappa shape index (κ2) is 9.05. The van der Waals surface area contributed by atoms with Gasteiger partial charge in [-0.1, -0.05) is 37.1 Å². The average molecular weight is 192 g/mol. The Kier molecular flexibility index (Phi) is 7.47. The van der Waals surface area contributed by atoms with Crippen molar-refractivity contribution >= 4 is 0 Å². The molecule has 14 heavy (non-hydrogen) atoms. The monoisotopic (exact) mass is 192 g/mol. The molecule has 0 N–H and O–H groups in total. The molecule has 2 aliphatic carbocycles. The lowest BCUT2D eigenvalue weighted by molar-refractivity contribution is 0.638. The van der Waals surface area contributed by atoms with E-state index in [0.29, 0.717) is 0 Å². The van der Waals surface area contributed by atoms with Crippen LogP contribution in [0.25, 0.3) is 0 Å². The van der Waals surface area contributed by atoms with Crippen LogP contribution in [-0.4, -0.2) is 0 Å². The molecular formula is C14H24. The smallest absolute Gasteiger partial charge is 0.0351 e. The Hall–Kier alpha value is -0.520. The fourth-order valence-electron chi connectivity index (χ4n) is 1.87. The number of hydrogen-bond acceptors (Lipinski definition) is 0. The largest absolute Gasteiger partial charge is 0.0885 e. The van der Waals surface area contributed by atoms with E-state index in [1.165, 1.54) is 64.2 Å². The molecule has 0 nitrogen and oxygen atoms in total. The van der Waals surface area contributed by atoms with Crippen molar-refractivity contribution < 1.29 is 0 Å². The quantitative estimate of drug-likeness (QED) is 0.473. The molecule has 0 radical (unpaired) electrons. The molecule has 0 saturated heterocycles. The molecule has 0 saturated carbocycles. The zero-order chi connectivity index (χ0) is 9.90. The van der Waals surface area contributed by atoms with Crippen LogP contribution in [0.5, 0.6) is 0 Å². The van der Waals surface area contributed by atoms with E-state index in [1.807, 2.05) is 0 Å². The summed E-state index contributed by atoms with van der Waals surface area (Å²) in [5.74, 6) is 0. The van der Waals surface area contributed by atoms with Gasteiger partial charge in [0.2, 0.25) is 0 Å². The zero-order valence-corrected chi connectivity index (χ0v) is 9.38. The molecule has 0 heteroatoms. The Morgan fingerprint density at radius 2 is 0.643 bits per heavy atom. The van der Waals surface area contributed by atoms with Crippen molar-refractivity contribution in [1.29, 1.82) is 0 Å². The molecule has 0 spiro atoms. The highest BCUT2D eigenvalue weighted by Crippen LogP contribution is 2.10. The summed E-state index contributed by atoms with van der Waals surface area (Å²) in [6.45, 7) is 0. The molecule has 0 bridgehead atoms. The van der Waals surface area contributed by atoms with E-state index >= 15 is 0 Å². The Balaban J connectivity index is 0.000000146. The van der Waals surface area contributed by atoms with Crippen LogP contribution in [-0.2, 0) is 0 Å². The van der Waals surface area contributed by atoms with Crippen LogP contribution in [0.4, 0.5) is 0 Å². The highest BCUT2D eigenvalue weighted by atomic mass is 14.0. The van der Waals surface area contributed by atoms with Crippen molar-refractivity contribution in [1.82, 2.24) is 0 Å². The maximum absolute atomic E-state index is 2.32. The van der Waals surface area contributed by atoms with Crippen molar-refractivity contribution in [2.24, 2.45) is 0 Å². The molecular weight excluding hydrogens is 168 g/mol. The van der Waals surface area contributed by atoms with Gasteiger partial charge < -0.3 is 0 Å². The fraction of sp³-hybridized carbons (Fsp3) is 0.714. The number of hydrogen-bond donors (Lipinski definition) is 0. The Morgan fingerprint density at radius 1 is 0.357 bits per heavy atom. The number of allylic oxidation sites excluding steroid dienone is 4. The van der Waals surface area contributed by atoms with E-state index in [2.05, 4.69) is 24.3 Å². The third kappa shape index (κ3) is 6.94. The van der Waals surface area contributed by atoms with E-state index in [9.17, 15) is 0 Å². The highest BCUT2D eigenvalue weighted by Gasteiger charge is 1.90. The molecule has 2 rings (SSSR count). The molecule has 0 amide bonds. The molecule has 0 heterocycles. The van der Waals surface area contributed by atoms with Crippen molar-refractivity contribution in [2.75, 3.05) is 0 Å². The minimum Gasteiger partial charge on any atom is -0.0885 e. The lowest BCUT2D eigenvalue weighted by atomic mass is 10.1. The molecule has 0 unspecified atom stereocenters. The van der Waals surface area contributed by atoms with Crippen molar-refractivity contribution in [3.8, 4) is 0 Å². The Bertz CT molecular complexity index is 147. The van der Waals surface area contributed by atoms with Crippen LogP contribution < -0.4 is 0 Å². The maximum atomic E-state index is 2.32. The van der Waals surface area contributed by atoms with E-state index < -0.39 is 0 Å². The standard InChI is InChI=1S/C8H14.C6H10/c1-2-4-6-8-7-5-3-1;1-2-4-6-5-3-1/h1-2H,3-8H2;1-2H,3-6H2. The van der Waals surface area contributed by atoms with Crippen LogP contribution in [0.2, 0.25) is 0 Å². The summed E-state index contributed by atoms with van der Waals surface area (Å²) in [7, 11) is 0. The van der Waals surface area contributed by atoms with Gasteiger partial charge in [0.1, 0.15) is 0 Å².